The van der Waals surface area contributed by atoms with Crippen molar-refractivity contribution in [3.63, 3.8) is 0 Å². The van der Waals surface area contributed by atoms with E-state index < -0.39 is 0 Å². The molecule has 0 spiro atoms. The van der Waals surface area contributed by atoms with E-state index in [2.05, 4.69) is 6.92 Å². The number of amides is 1. The van der Waals surface area contributed by atoms with Gasteiger partial charge in [0.1, 0.15) is 5.82 Å². The largest absolute Gasteiger partial charge is 0.493 e. The van der Waals surface area contributed by atoms with Crippen LogP contribution in [0.5, 0.6) is 17.2 Å². The molecule has 0 N–H and O–H groups in total. The maximum Gasteiger partial charge on any atom is 0.254 e. The number of rotatable bonds is 7. The first-order valence-corrected chi connectivity index (χ1v) is 9.85. The van der Waals surface area contributed by atoms with Gasteiger partial charge in [0.15, 0.2) is 11.5 Å². The van der Waals surface area contributed by atoms with Gasteiger partial charge in [-0.2, -0.15) is 0 Å². The number of likely N-dealkylation sites (tertiary alicyclic amines) is 1. The molecule has 1 saturated heterocycles. The zero-order valence-electron chi connectivity index (χ0n) is 17.4. The predicted molar refractivity (Wildman–Crippen MR) is 109 cm³/mol. The summed E-state index contributed by atoms with van der Waals surface area (Å²) in [6, 6.07) is 10.3. The van der Waals surface area contributed by atoms with Crippen LogP contribution in [0.4, 0.5) is 4.39 Å². The monoisotopic (exact) mass is 401 g/mol. The molecule has 156 valence electrons. The van der Waals surface area contributed by atoms with E-state index in [1.54, 1.807) is 24.3 Å². The Morgan fingerprint density at radius 3 is 2.21 bits per heavy atom. The normalized spacial score (nSPS) is 18.6. The van der Waals surface area contributed by atoms with Crippen LogP contribution in [0.3, 0.4) is 0 Å². The van der Waals surface area contributed by atoms with E-state index in [4.69, 9.17) is 14.2 Å². The first kappa shape index (κ1) is 21.0. The highest BCUT2D eigenvalue weighted by Gasteiger charge is 2.35. The fourth-order valence-corrected chi connectivity index (χ4v) is 4.06. The molecule has 1 fully saturated rings. The molecule has 2 atom stereocenters. The van der Waals surface area contributed by atoms with Crippen molar-refractivity contribution in [1.82, 2.24) is 4.90 Å². The first-order valence-electron chi connectivity index (χ1n) is 9.85. The van der Waals surface area contributed by atoms with Crippen LogP contribution in [-0.2, 0) is 6.42 Å². The lowest BCUT2D eigenvalue weighted by Gasteiger charge is -2.29. The molecule has 0 radical (unpaired) electrons. The summed E-state index contributed by atoms with van der Waals surface area (Å²) in [5.74, 6) is 1.12. The van der Waals surface area contributed by atoms with Gasteiger partial charge in [-0.3, -0.25) is 4.79 Å². The van der Waals surface area contributed by atoms with Gasteiger partial charge in [0.2, 0.25) is 5.75 Å². The second-order valence-electron chi connectivity index (χ2n) is 7.37. The van der Waals surface area contributed by atoms with Gasteiger partial charge in [0.05, 0.1) is 21.3 Å². The molecule has 1 aliphatic rings. The number of halogens is 1. The summed E-state index contributed by atoms with van der Waals surface area (Å²) >= 11 is 0. The summed E-state index contributed by atoms with van der Waals surface area (Å²) in [4.78, 5) is 15.3. The van der Waals surface area contributed by atoms with Crippen LogP contribution in [0, 0.1) is 5.82 Å². The third kappa shape index (κ3) is 4.47. The number of ether oxygens (including phenoxy) is 3. The van der Waals surface area contributed by atoms with E-state index in [0.717, 1.165) is 31.2 Å². The van der Waals surface area contributed by atoms with E-state index in [0.29, 0.717) is 22.8 Å². The van der Waals surface area contributed by atoms with Crippen LogP contribution in [0.15, 0.2) is 36.4 Å². The van der Waals surface area contributed by atoms with Crippen molar-refractivity contribution in [1.29, 1.82) is 0 Å². The Kier molecular flexibility index (Phi) is 6.62. The summed E-state index contributed by atoms with van der Waals surface area (Å²) < 4.78 is 29.3. The molecule has 2 aromatic carbocycles. The molecule has 6 heteroatoms. The Hall–Kier alpha value is -2.76. The number of carbonyl (C=O) groups is 1. The molecule has 1 heterocycles. The molecule has 0 aliphatic carbocycles. The molecule has 5 nitrogen and oxygen atoms in total. The van der Waals surface area contributed by atoms with Crippen molar-refractivity contribution in [3.05, 3.63) is 53.3 Å². The van der Waals surface area contributed by atoms with E-state index in [9.17, 15) is 9.18 Å². The Balaban J connectivity index is 1.81. The zero-order valence-corrected chi connectivity index (χ0v) is 17.4. The fourth-order valence-electron chi connectivity index (χ4n) is 4.06. The molecule has 2 aromatic rings. The molecule has 0 aromatic heterocycles. The third-order valence-corrected chi connectivity index (χ3v) is 5.61. The lowest BCUT2D eigenvalue weighted by atomic mass is 10.0. The number of aryl methyl sites for hydroxylation is 1. The van der Waals surface area contributed by atoms with Gasteiger partial charge in [-0.25, -0.2) is 4.39 Å². The maximum atomic E-state index is 13.4. The van der Waals surface area contributed by atoms with Gasteiger partial charge in [-0.15, -0.1) is 0 Å². The van der Waals surface area contributed by atoms with Gasteiger partial charge < -0.3 is 19.1 Å². The molecule has 1 amide bonds. The van der Waals surface area contributed by atoms with E-state index in [1.165, 1.54) is 33.5 Å². The van der Waals surface area contributed by atoms with Crippen LogP contribution >= 0.6 is 0 Å². The topological polar surface area (TPSA) is 48.0 Å². The van der Waals surface area contributed by atoms with Gasteiger partial charge in [0, 0.05) is 17.6 Å². The van der Waals surface area contributed by atoms with Crippen LogP contribution < -0.4 is 14.2 Å². The van der Waals surface area contributed by atoms with Crippen LogP contribution in [0.25, 0.3) is 0 Å². The first-order chi connectivity index (χ1) is 14.0. The number of benzene rings is 2. The predicted octanol–water partition coefficient (Wildman–Crippen LogP) is 4.48. The molecule has 0 bridgehead atoms. The number of carbonyl (C=O) groups excluding carboxylic acids is 1. The summed E-state index contributed by atoms with van der Waals surface area (Å²) in [6.45, 7) is 2.08. The minimum atomic E-state index is -0.234. The minimum absolute atomic E-state index is 0.0432. The number of hydrogen-bond acceptors (Lipinski definition) is 4. The third-order valence-electron chi connectivity index (χ3n) is 5.61. The van der Waals surface area contributed by atoms with Crippen LogP contribution in [0.2, 0.25) is 0 Å². The smallest absolute Gasteiger partial charge is 0.254 e. The highest BCUT2D eigenvalue weighted by atomic mass is 19.1. The minimum Gasteiger partial charge on any atom is -0.493 e. The number of nitrogens with zero attached hydrogens (tertiary/aromatic N) is 1. The summed E-state index contributed by atoms with van der Waals surface area (Å²) in [5.41, 5.74) is 1.59. The molecule has 0 saturated carbocycles. The maximum absolute atomic E-state index is 13.4. The van der Waals surface area contributed by atoms with Crippen molar-refractivity contribution in [2.45, 2.75) is 44.7 Å². The number of hydrogen-bond donors (Lipinski definition) is 0. The van der Waals surface area contributed by atoms with E-state index in [1.807, 2.05) is 4.90 Å². The average molecular weight is 401 g/mol. The summed E-state index contributed by atoms with van der Waals surface area (Å²) in [7, 11) is 4.61. The molecular weight excluding hydrogens is 373 g/mol. The molecular formula is C23H28FNO4. The standard InChI is InChI=1S/C23H28FNO4/c1-15-5-11-19(12-8-16-6-9-18(24)10-7-16)25(15)23(26)17-13-20(27-2)22(29-4)21(14-17)28-3/h6-7,9-10,13-15,19H,5,8,11-12H2,1-4H3/t15-,19-/m1/s1. The second-order valence-corrected chi connectivity index (χ2v) is 7.37. The second kappa shape index (κ2) is 9.16. The van der Waals surface area contributed by atoms with E-state index >= 15 is 0 Å². The Morgan fingerprint density at radius 2 is 1.66 bits per heavy atom. The lowest BCUT2D eigenvalue weighted by molar-refractivity contribution is 0.0672. The van der Waals surface area contributed by atoms with Crippen LogP contribution in [-0.4, -0.2) is 44.2 Å². The van der Waals surface area contributed by atoms with Crippen LogP contribution in [0.1, 0.15) is 42.1 Å². The van der Waals surface area contributed by atoms with Gasteiger partial charge in [-0.1, -0.05) is 12.1 Å². The van der Waals surface area contributed by atoms with Crippen molar-refractivity contribution >= 4 is 5.91 Å². The molecule has 0 unspecified atom stereocenters. The lowest BCUT2D eigenvalue weighted by Crippen LogP contribution is -2.40. The van der Waals surface area contributed by atoms with Crippen molar-refractivity contribution in [3.8, 4) is 17.2 Å². The highest BCUT2D eigenvalue weighted by molar-refractivity contribution is 5.96. The van der Waals surface area contributed by atoms with Gasteiger partial charge in [0.25, 0.3) is 5.91 Å². The quantitative estimate of drug-likeness (QED) is 0.687. The van der Waals surface area contributed by atoms with Gasteiger partial charge >= 0.3 is 0 Å². The SMILES string of the molecule is COc1cc(C(=O)N2[C@@H](CCc3ccc(F)cc3)CC[C@H]2C)cc(OC)c1OC. The number of methoxy groups -OCH3 is 3. The Labute approximate surface area is 171 Å². The Morgan fingerprint density at radius 1 is 1.03 bits per heavy atom. The van der Waals surface area contributed by atoms with Crippen molar-refractivity contribution in [2.24, 2.45) is 0 Å². The molecule has 29 heavy (non-hydrogen) atoms. The van der Waals surface area contributed by atoms with Crippen molar-refractivity contribution < 1.29 is 23.4 Å². The zero-order chi connectivity index (χ0) is 21.0. The van der Waals surface area contributed by atoms with Gasteiger partial charge in [-0.05, 0) is 62.4 Å². The molecule has 3 rings (SSSR count). The average Bonchev–Trinajstić information content (AvgIpc) is 3.11. The van der Waals surface area contributed by atoms with Crippen molar-refractivity contribution in [2.75, 3.05) is 21.3 Å². The highest BCUT2D eigenvalue weighted by Crippen LogP contribution is 2.39. The Bertz CT molecular complexity index is 827. The molecule has 1 aliphatic heterocycles. The summed E-state index contributed by atoms with van der Waals surface area (Å²) in [5, 5.41) is 0. The summed E-state index contributed by atoms with van der Waals surface area (Å²) in [6.07, 6.45) is 3.56. The van der Waals surface area contributed by atoms with E-state index in [-0.39, 0.29) is 23.8 Å². The fraction of sp³-hybridized carbons (Fsp3) is 0.435.